The summed E-state index contributed by atoms with van der Waals surface area (Å²) in [6, 6.07) is 19.2. The van der Waals surface area contributed by atoms with E-state index in [4.69, 9.17) is 4.74 Å². The highest BCUT2D eigenvalue weighted by atomic mass is 16.5. The van der Waals surface area contributed by atoms with Gasteiger partial charge in [0.15, 0.2) is 0 Å². The molecule has 0 aliphatic carbocycles. The van der Waals surface area contributed by atoms with Gasteiger partial charge in [0.1, 0.15) is 11.4 Å². The minimum Gasteiger partial charge on any atom is -0.472 e. The molecule has 1 amide bonds. The third kappa shape index (κ3) is 5.17. The summed E-state index contributed by atoms with van der Waals surface area (Å²) < 4.78 is 6.22. The van der Waals surface area contributed by atoms with Crippen LogP contribution in [0.5, 0.6) is 5.88 Å². The average Bonchev–Trinajstić information content (AvgIpc) is 2.83. The van der Waals surface area contributed by atoms with Crippen LogP contribution in [0.4, 0.5) is 11.5 Å². The van der Waals surface area contributed by atoms with Gasteiger partial charge < -0.3 is 15.0 Å². The van der Waals surface area contributed by atoms with Gasteiger partial charge in [-0.15, -0.1) is 0 Å². The van der Waals surface area contributed by atoms with Gasteiger partial charge in [-0.2, -0.15) is 4.98 Å². The van der Waals surface area contributed by atoms with Gasteiger partial charge in [-0.3, -0.25) is 9.69 Å². The van der Waals surface area contributed by atoms with Crippen molar-refractivity contribution in [2.45, 2.75) is 45.1 Å². The van der Waals surface area contributed by atoms with Crippen LogP contribution in [0.2, 0.25) is 0 Å². The van der Waals surface area contributed by atoms with E-state index in [0.29, 0.717) is 18.1 Å². The monoisotopic (exact) mass is 458 g/mol. The molecule has 2 aromatic carbocycles. The summed E-state index contributed by atoms with van der Waals surface area (Å²) in [6.45, 7) is 9.57. The summed E-state index contributed by atoms with van der Waals surface area (Å²) in [4.78, 5) is 21.3. The van der Waals surface area contributed by atoms with Gasteiger partial charge in [0, 0.05) is 49.7 Å². The summed E-state index contributed by atoms with van der Waals surface area (Å²) in [7, 11) is 0. The molecular formula is C28H34N4O2. The fourth-order valence-corrected chi connectivity index (χ4v) is 5.04. The fraction of sp³-hybridized carbons (Fsp3) is 0.429. The van der Waals surface area contributed by atoms with Crippen LogP contribution in [0.15, 0.2) is 54.6 Å². The van der Waals surface area contributed by atoms with Crippen molar-refractivity contribution in [1.29, 1.82) is 0 Å². The number of amides is 1. The number of aromatic nitrogens is 1. The maximum absolute atomic E-state index is 11.7. The van der Waals surface area contributed by atoms with Gasteiger partial charge in [-0.25, -0.2) is 0 Å². The van der Waals surface area contributed by atoms with E-state index in [1.165, 1.54) is 16.5 Å². The first-order chi connectivity index (χ1) is 16.5. The lowest BCUT2D eigenvalue weighted by molar-refractivity contribution is -0.116. The Balaban J connectivity index is 1.10. The van der Waals surface area contributed by atoms with Gasteiger partial charge in [0.25, 0.3) is 0 Å². The molecule has 0 spiro atoms. The first-order valence-electron chi connectivity index (χ1n) is 12.4. The van der Waals surface area contributed by atoms with Crippen molar-refractivity contribution in [3.05, 3.63) is 60.2 Å². The Bertz CT molecular complexity index is 1160. The van der Waals surface area contributed by atoms with E-state index in [1.807, 2.05) is 12.1 Å². The first-order valence-corrected chi connectivity index (χ1v) is 12.4. The number of pyridine rings is 1. The summed E-state index contributed by atoms with van der Waals surface area (Å²) in [5, 5.41) is 5.50. The van der Waals surface area contributed by atoms with Crippen LogP contribution < -0.4 is 15.0 Å². The Hall–Kier alpha value is -3.12. The number of aryl methyl sites for hydroxylation is 1. The number of anilines is 2. The van der Waals surface area contributed by atoms with Crippen molar-refractivity contribution in [3.8, 4) is 5.88 Å². The second-order valence-corrected chi connectivity index (χ2v) is 10.00. The van der Waals surface area contributed by atoms with E-state index in [-0.39, 0.29) is 11.5 Å². The standard InChI is InChI=1S/C28H34N4O2/c1-28(2,34-26-14-12-22-11-13-25(33)29-27(22)30-26)15-6-16-31-17-19-32(20-18-31)24-10-5-8-21-7-3-4-9-23(21)24/h3-5,7-10,12,14H,6,11,13,15-20H2,1-2H3,(H,29,30,33). The summed E-state index contributed by atoms with van der Waals surface area (Å²) in [6.07, 6.45) is 3.28. The zero-order valence-corrected chi connectivity index (χ0v) is 20.2. The average molecular weight is 459 g/mol. The molecule has 0 bridgehead atoms. The number of carbonyl (C=O) groups excluding carboxylic acids is 1. The predicted molar refractivity (Wildman–Crippen MR) is 138 cm³/mol. The van der Waals surface area contributed by atoms with Crippen molar-refractivity contribution < 1.29 is 9.53 Å². The predicted octanol–water partition coefficient (Wildman–Crippen LogP) is 4.88. The molecule has 2 aliphatic heterocycles. The van der Waals surface area contributed by atoms with Crippen LogP contribution in [-0.2, 0) is 11.2 Å². The lowest BCUT2D eigenvalue weighted by atomic mass is 10.0. The summed E-state index contributed by atoms with van der Waals surface area (Å²) in [5.41, 5.74) is 2.11. The topological polar surface area (TPSA) is 57.7 Å². The molecule has 3 heterocycles. The molecule has 0 saturated carbocycles. The molecule has 1 fully saturated rings. The highest BCUT2D eigenvalue weighted by Crippen LogP contribution is 2.29. The second-order valence-electron chi connectivity index (χ2n) is 10.00. The minimum atomic E-state index is -0.315. The molecule has 34 heavy (non-hydrogen) atoms. The number of nitrogens with one attached hydrogen (secondary N) is 1. The van der Waals surface area contributed by atoms with Crippen LogP contribution in [0.25, 0.3) is 10.8 Å². The van der Waals surface area contributed by atoms with Crippen LogP contribution in [0.3, 0.4) is 0 Å². The SMILES string of the molecule is CC(C)(CCCN1CCN(c2cccc3ccccc23)CC1)Oc1ccc2c(n1)NC(=O)CC2. The van der Waals surface area contributed by atoms with E-state index >= 15 is 0 Å². The molecule has 2 aliphatic rings. The number of hydrogen-bond donors (Lipinski definition) is 1. The molecule has 1 aromatic heterocycles. The molecule has 0 unspecified atom stereocenters. The van der Waals surface area contributed by atoms with Crippen molar-refractivity contribution in [2.75, 3.05) is 42.9 Å². The number of benzene rings is 2. The highest BCUT2D eigenvalue weighted by molar-refractivity contribution is 5.94. The van der Waals surface area contributed by atoms with Crippen molar-refractivity contribution in [1.82, 2.24) is 9.88 Å². The maximum Gasteiger partial charge on any atom is 0.225 e. The molecule has 6 heteroatoms. The lowest BCUT2D eigenvalue weighted by Crippen LogP contribution is -2.47. The molecule has 3 aromatic rings. The smallest absolute Gasteiger partial charge is 0.225 e. The molecular weight excluding hydrogens is 424 g/mol. The number of fused-ring (bicyclic) bond motifs is 2. The number of rotatable bonds is 7. The largest absolute Gasteiger partial charge is 0.472 e. The molecule has 1 N–H and O–H groups in total. The Morgan fingerprint density at radius 1 is 0.971 bits per heavy atom. The van der Waals surface area contributed by atoms with Gasteiger partial charge in [0.2, 0.25) is 11.8 Å². The molecule has 1 saturated heterocycles. The number of piperazine rings is 1. The summed E-state index contributed by atoms with van der Waals surface area (Å²) >= 11 is 0. The van der Waals surface area contributed by atoms with Crippen LogP contribution in [0, 0.1) is 0 Å². The Labute approximate surface area is 201 Å². The van der Waals surface area contributed by atoms with Crippen molar-refractivity contribution >= 4 is 28.2 Å². The van der Waals surface area contributed by atoms with Crippen molar-refractivity contribution in [2.24, 2.45) is 0 Å². The van der Waals surface area contributed by atoms with Crippen molar-refractivity contribution in [3.63, 3.8) is 0 Å². The first kappa shape index (κ1) is 22.7. The number of carbonyl (C=O) groups is 1. The van der Waals surface area contributed by atoms with Crippen LogP contribution >= 0.6 is 0 Å². The van der Waals surface area contributed by atoms with Crippen LogP contribution in [-0.4, -0.2) is 54.1 Å². The summed E-state index contributed by atoms with van der Waals surface area (Å²) in [5.74, 6) is 1.25. The van der Waals surface area contributed by atoms with E-state index in [2.05, 4.69) is 76.4 Å². The zero-order valence-electron chi connectivity index (χ0n) is 20.2. The Morgan fingerprint density at radius 2 is 1.76 bits per heavy atom. The van der Waals surface area contributed by atoms with E-state index in [9.17, 15) is 4.79 Å². The zero-order chi connectivity index (χ0) is 23.5. The third-order valence-corrected chi connectivity index (χ3v) is 6.95. The van der Waals surface area contributed by atoms with Gasteiger partial charge in [0.05, 0.1) is 0 Å². The molecule has 0 atom stereocenters. The molecule has 178 valence electrons. The quantitative estimate of drug-likeness (QED) is 0.547. The van der Waals surface area contributed by atoms with E-state index in [1.54, 1.807) is 0 Å². The fourth-order valence-electron chi connectivity index (χ4n) is 5.04. The minimum absolute atomic E-state index is 0.0250. The normalized spacial score (nSPS) is 16.9. The second kappa shape index (κ2) is 9.63. The van der Waals surface area contributed by atoms with Gasteiger partial charge in [-0.1, -0.05) is 36.4 Å². The third-order valence-electron chi connectivity index (χ3n) is 6.95. The number of hydrogen-bond acceptors (Lipinski definition) is 5. The van der Waals surface area contributed by atoms with Crippen LogP contribution in [0.1, 0.15) is 38.7 Å². The maximum atomic E-state index is 11.7. The van der Waals surface area contributed by atoms with Gasteiger partial charge in [-0.05, 0) is 62.7 Å². The van der Waals surface area contributed by atoms with E-state index < -0.39 is 0 Å². The molecule has 5 rings (SSSR count). The van der Waals surface area contributed by atoms with Gasteiger partial charge >= 0.3 is 0 Å². The lowest BCUT2D eigenvalue weighted by Gasteiger charge is -2.37. The Kier molecular flexibility index (Phi) is 6.42. The number of ether oxygens (including phenoxy) is 1. The van der Waals surface area contributed by atoms with E-state index in [0.717, 1.165) is 57.5 Å². The Morgan fingerprint density at radius 3 is 2.62 bits per heavy atom. The molecule has 6 nitrogen and oxygen atoms in total. The number of nitrogens with zero attached hydrogens (tertiary/aromatic N) is 3. The highest BCUT2D eigenvalue weighted by Gasteiger charge is 2.24. The molecule has 0 radical (unpaired) electrons.